The van der Waals surface area contributed by atoms with Crippen LogP contribution in [-0.4, -0.2) is 22.0 Å². The molecular formula is C16H14FN3O2. The van der Waals surface area contributed by atoms with Crippen molar-refractivity contribution in [3.8, 4) is 5.69 Å². The van der Waals surface area contributed by atoms with Gasteiger partial charge in [-0.25, -0.2) is 9.37 Å². The van der Waals surface area contributed by atoms with E-state index in [0.29, 0.717) is 24.3 Å². The largest absolute Gasteiger partial charge is 0.469 e. The van der Waals surface area contributed by atoms with Crippen molar-refractivity contribution in [2.75, 3.05) is 6.54 Å². The average molecular weight is 299 g/mol. The first-order chi connectivity index (χ1) is 10.7. The summed E-state index contributed by atoms with van der Waals surface area (Å²) in [6, 6.07) is 9.53. The molecule has 0 unspecified atom stereocenters. The number of carbonyl (C=O) groups is 1. The number of amides is 1. The van der Waals surface area contributed by atoms with Crippen LogP contribution in [-0.2, 0) is 6.42 Å². The zero-order chi connectivity index (χ0) is 15.4. The molecule has 1 aromatic carbocycles. The molecule has 0 aliphatic heterocycles. The number of furan rings is 1. The molecule has 0 aliphatic rings. The predicted molar refractivity (Wildman–Crippen MR) is 78.3 cm³/mol. The number of nitrogens with zero attached hydrogens (tertiary/aromatic N) is 2. The van der Waals surface area contributed by atoms with Gasteiger partial charge in [-0.1, -0.05) is 0 Å². The standard InChI is InChI=1S/C16H14FN3O2/c17-12-3-5-13(6-4-12)20-11-18-10-15(20)16(21)19-8-7-14-2-1-9-22-14/h1-6,9-11H,7-8H2,(H,19,21). The second-order valence-corrected chi connectivity index (χ2v) is 4.71. The lowest BCUT2D eigenvalue weighted by Crippen LogP contribution is -2.27. The van der Waals surface area contributed by atoms with Crippen LogP contribution in [0.2, 0.25) is 0 Å². The van der Waals surface area contributed by atoms with E-state index in [1.54, 1.807) is 29.0 Å². The van der Waals surface area contributed by atoms with Crippen molar-refractivity contribution < 1.29 is 13.6 Å². The maximum Gasteiger partial charge on any atom is 0.269 e. The van der Waals surface area contributed by atoms with Crippen LogP contribution in [0.1, 0.15) is 16.2 Å². The van der Waals surface area contributed by atoms with E-state index in [1.807, 2.05) is 6.07 Å². The van der Waals surface area contributed by atoms with Crippen molar-refractivity contribution in [2.24, 2.45) is 0 Å². The lowest BCUT2D eigenvalue weighted by molar-refractivity contribution is 0.0947. The molecule has 0 bridgehead atoms. The van der Waals surface area contributed by atoms with Crippen molar-refractivity contribution in [2.45, 2.75) is 6.42 Å². The topological polar surface area (TPSA) is 60.1 Å². The van der Waals surface area contributed by atoms with E-state index in [2.05, 4.69) is 10.3 Å². The molecule has 0 aliphatic carbocycles. The van der Waals surface area contributed by atoms with Gasteiger partial charge >= 0.3 is 0 Å². The maximum atomic E-state index is 13.0. The molecule has 6 heteroatoms. The normalized spacial score (nSPS) is 10.6. The summed E-state index contributed by atoms with van der Waals surface area (Å²) in [6.45, 7) is 0.459. The Hall–Kier alpha value is -2.89. The lowest BCUT2D eigenvalue weighted by atomic mass is 10.3. The molecule has 22 heavy (non-hydrogen) atoms. The molecule has 1 N–H and O–H groups in total. The number of aromatic nitrogens is 2. The van der Waals surface area contributed by atoms with E-state index >= 15 is 0 Å². The Morgan fingerprint density at radius 2 is 2.09 bits per heavy atom. The molecule has 0 atom stereocenters. The summed E-state index contributed by atoms with van der Waals surface area (Å²) < 4.78 is 19.8. The summed E-state index contributed by atoms with van der Waals surface area (Å²) in [5, 5.41) is 2.81. The first-order valence-corrected chi connectivity index (χ1v) is 6.83. The van der Waals surface area contributed by atoms with Crippen LogP contribution in [0.3, 0.4) is 0 Å². The third-order valence-corrected chi connectivity index (χ3v) is 3.21. The molecule has 1 amide bonds. The highest BCUT2D eigenvalue weighted by Gasteiger charge is 2.12. The van der Waals surface area contributed by atoms with Crippen LogP contribution in [0, 0.1) is 5.82 Å². The van der Waals surface area contributed by atoms with Crippen molar-refractivity contribution in [1.82, 2.24) is 14.9 Å². The number of hydrogen-bond acceptors (Lipinski definition) is 3. The van der Waals surface area contributed by atoms with Gasteiger partial charge in [0.2, 0.25) is 0 Å². The van der Waals surface area contributed by atoms with Crippen LogP contribution < -0.4 is 5.32 Å². The Kier molecular flexibility index (Phi) is 4.00. The number of nitrogens with one attached hydrogen (secondary N) is 1. The second kappa shape index (κ2) is 6.26. The molecule has 3 rings (SSSR count). The molecule has 2 aromatic heterocycles. The Labute approximate surface area is 126 Å². The minimum Gasteiger partial charge on any atom is -0.469 e. The predicted octanol–water partition coefficient (Wildman–Crippen LogP) is 2.58. The third kappa shape index (κ3) is 3.06. The monoisotopic (exact) mass is 299 g/mol. The summed E-state index contributed by atoms with van der Waals surface area (Å²) >= 11 is 0. The van der Waals surface area contributed by atoms with Gasteiger partial charge in [0.05, 0.1) is 18.8 Å². The molecule has 0 fully saturated rings. The number of hydrogen-bond donors (Lipinski definition) is 1. The van der Waals surface area contributed by atoms with Crippen LogP contribution >= 0.6 is 0 Å². The molecule has 5 nitrogen and oxygen atoms in total. The molecule has 112 valence electrons. The smallest absolute Gasteiger partial charge is 0.269 e. The van der Waals surface area contributed by atoms with E-state index in [9.17, 15) is 9.18 Å². The van der Waals surface area contributed by atoms with E-state index in [-0.39, 0.29) is 11.7 Å². The summed E-state index contributed by atoms with van der Waals surface area (Å²) in [7, 11) is 0. The Morgan fingerprint density at radius 1 is 1.27 bits per heavy atom. The number of carbonyl (C=O) groups excluding carboxylic acids is 1. The van der Waals surface area contributed by atoms with Crippen LogP contribution in [0.25, 0.3) is 5.69 Å². The molecule has 2 heterocycles. The van der Waals surface area contributed by atoms with Crippen molar-refractivity contribution in [1.29, 1.82) is 0 Å². The Morgan fingerprint density at radius 3 is 2.82 bits per heavy atom. The number of imidazole rings is 1. The summed E-state index contributed by atoms with van der Waals surface area (Å²) in [6.07, 6.45) is 5.21. The fourth-order valence-electron chi connectivity index (χ4n) is 2.12. The quantitative estimate of drug-likeness (QED) is 0.787. The van der Waals surface area contributed by atoms with Gasteiger partial charge < -0.3 is 9.73 Å². The number of rotatable bonds is 5. The second-order valence-electron chi connectivity index (χ2n) is 4.71. The first kappa shape index (κ1) is 14.1. The third-order valence-electron chi connectivity index (χ3n) is 3.21. The van der Waals surface area contributed by atoms with E-state index in [4.69, 9.17) is 4.42 Å². The Bertz CT molecular complexity index is 748. The first-order valence-electron chi connectivity index (χ1n) is 6.83. The highest BCUT2D eigenvalue weighted by Crippen LogP contribution is 2.12. The van der Waals surface area contributed by atoms with Gasteiger partial charge in [-0.05, 0) is 36.4 Å². The summed E-state index contributed by atoms with van der Waals surface area (Å²) in [5.41, 5.74) is 1.07. The SMILES string of the molecule is O=C(NCCc1ccco1)c1cncn1-c1ccc(F)cc1. The van der Waals surface area contributed by atoms with Gasteiger partial charge in [0.25, 0.3) is 5.91 Å². The molecule has 0 spiro atoms. The maximum absolute atomic E-state index is 13.0. The van der Waals surface area contributed by atoms with Crippen molar-refractivity contribution in [3.05, 3.63) is 72.5 Å². The number of benzene rings is 1. The molecule has 3 aromatic rings. The fourth-order valence-corrected chi connectivity index (χ4v) is 2.12. The van der Waals surface area contributed by atoms with Gasteiger partial charge in [-0.15, -0.1) is 0 Å². The number of halogens is 1. The zero-order valence-corrected chi connectivity index (χ0v) is 11.7. The minimum absolute atomic E-state index is 0.242. The van der Waals surface area contributed by atoms with Gasteiger partial charge in [0.1, 0.15) is 17.3 Å². The van der Waals surface area contributed by atoms with Gasteiger partial charge in [-0.2, -0.15) is 0 Å². The van der Waals surface area contributed by atoms with Gasteiger partial charge in [-0.3, -0.25) is 9.36 Å². The zero-order valence-electron chi connectivity index (χ0n) is 11.7. The summed E-state index contributed by atoms with van der Waals surface area (Å²) in [5.74, 6) is 0.244. The van der Waals surface area contributed by atoms with Gasteiger partial charge in [0, 0.05) is 18.7 Å². The van der Waals surface area contributed by atoms with Crippen LogP contribution in [0.5, 0.6) is 0 Å². The minimum atomic E-state index is -0.326. The van der Waals surface area contributed by atoms with Crippen LogP contribution in [0.15, 0.2) is 59.6 Å². The van der Waals surface area contributed by atoms with Gasteiger partial charge in [0.15, 0.2) is 0 Å². The molecule has 0 saturated heterocycles. The Balaban J connectivity index is 1.68. The lowest BCUT2D eigenvalue weighted by Gasteiger charge is -2.08. The molecular weight excluding hydrogens is 285 g/mol. The van der Waals surface area contributed by atoms with Crippen LogP contribution in [0.4, 0.5) is 4.39 Å². The van der Waals surface area contributed by atoms with E-state index in [1.165, 1.54) is 24.7 Å². The summed E-state index contributed by atoms with van der Waals surface area (Å²) in [4.78, 5) is 16.2. The van der Waals surface area contributed by atoms with Crippen molar-refractivity contribution >= 4 is 5.91 Å². The highest BCUT2D eigenvalue weighted by molar-refractivity contribution is 5.92. The van der Waals surface area contributed by atoms with E-state index < -0.39 is 0 Å². The molecule has 0 radical (unpaired) electrons. The molecule has 0 saturated carbocycles. The average Bonchev–Trinajstić information content (AvgIpc) is 3.19. The van der Waals surface area contributed by atoms with E-state index in [0.717, 1.165) is 5.76 Å². The van der Waals surface area contributed by atoms with Crippen molar-refractivity contribution in [3.63, 3.8) is 0 Å². The highest BCUT2D eigenvalue weighted by atomic mass is 19.1. The fraction of sp³-hybridized carbons (Fsp3) is 0.125.